The van der Waals surface area contributed by atoms with E-state index in [0.29, 0.717) is 36.2 Å². The van der Waals surface area contributed by atoms with E-state index in [4.69, 9.17) is 4.74 Å². The van der Waals surface area contributed by atoms with Crippen molar-refractivity contribution in [3.8, 4) is 0 Å². The number of benzene rings is 1. The molecule has 1 spiro atoms. The average molecular weight is 550 g/mol. The number of amides is 3. The van der Waals surface area contributed by atoms with Crippen LogP contribution in [0.25, 0.3) is 10.9 Å². The number of nitrogens with one attached hydrogen (secondary N) is 2. The molecule has 5 rings (SSSR count). The van der Waals surface area contributed by atoms with E-state index in [1.54, 1.807) is 50.7 Å². The Morgan fingerprint density at radius 3 is 2.54 bits per heavy atom. The number of alkyl halides is 3. The van der Waals surface area contributed by atoms with Crippen LogP contribution in [0.2, 0.25) is 0 Å². The van der Waals surface area contributed by atoms with Gasteiger partial charge < -0.3 is 15.0 Å². The van der Waals surface area contributed by atoms with E-state index in [0.717, 1.165) is 5.39 Å². The molecule has 1 aromatic carbocycles. The summed E-state index contributed by atoms with van der Waals surface area (Å²) in [4.78, 5) is 37.8. The van der Waals surface area contributed by atoms with Crippen LogP contribution in [0.3, 0.4) is 0 Å². The summed E-state index contributed by atoms with van der Waals surface area (Å²) in [6.45, 7) is 5.82. The molecule has 1 saturated carbocycles. The van der Waals surface area contributed by atoms with Crippen LogP contribution >= 0.6 is 0 Å². The number of aromatic nitrogens is 2. The van der Waals surface area contributed by atoms with E-state index in [1.165, 1.54) is 4.90 Å². The standard InChI is InChI=1S/C27H34F3N5O4/c1-25(2,3)39-24(38)35-13-26(14-35)10-9-19(18(12-26)27(28,29)30)31-15-5-6-16-20(11-15)34(4)33-22(16)17-7-8-21(36)32-23(17)37/h5-6,11,17-19,31H,7-10,12-14H2,1-4H3,(H,32,36,37)/t17?,18-,19+/m0/s1. The van der Waals surface area contributed by atoms with E-state index in [9.17, 15) is 27.6 Å². The van der Waals surface area contributed by atoms with Crippen molar-refractivity contribution in [1.29, 1.82) is 0 Å². The van der Waals surface area contributed by atoms with Gasteiger partial charge in [0.2, 0.25) is 11.8 Å². The van der Waals surface area contributed by atoms with Crippen LogP contribution < -0.4 is 10.6 Å². The van der Waals surface area contributed by atoms with Gasteiger partial charge in [0.05, 0.1) is 23.0 Å². The average Bonchev–Trinajstić information content (AvgIpc) is 3.11. The molecule has 1 unspecified atom stereocenters. The summed E-state index contributed by atoms with van der Waals surface area (Å²) in [5, 5.41) is 10.7. The van der Waals surface area contributed by atoms with Crippen LogP contribution in [0.15, 0.2) is 18.2 Å². The summed E-state index contributed by atoms with van der Waals surface area (Å²) < 4.78 is 49.7. The molecular weight excluding hydrogens is 515 g/mol. The molecule has 3 amide bonds. The number of hydrogen-bond donors (Lipinski definition) is 2. The fourth-order valence-corrected chi connectivity index (χ4v) is 6.20. The number of rotatable bonds is 3. The number of likely N-dealkylation sites (tertiary alicyclic amines) is 1. The fourth-order valence-electron chi connectivity index (χ4n) is 6.20. The van der Waals surface area contributed by atoms with Crippen LogP contribution in [0.4, 0.5) is 23.7 Å². The van der Waals surface area contributed by atoms with Gasteiger partial charge in [0, 0.05) is 49.1 Å². The highest BCUT2D eigenvalue weighted by atomic mass is 19.4. The van der Waals surface area contributed by atoms with Gasteiger partial charge in [-0.15, -0.1) is 0 Å². The highest BCUT2D eigenvalue weighted by Gasteiger charge is 2.57. The number of imide groups is 1. The molecule has 0 radical (unpaired) electrons. The summed E-state index contributed by atoms with van der Waals surface area (Å²) in [6.07, 6.45) is -3.46. The first-order chi connectivity index (χ1) is 18.1. The first kappa shape index (κ1) is 27.3. The summed E-state index contributed by atoms with van der Waals surface area (Å²) in [5.41, 5.74) is 0.560. The molecule has 0 bridgehead atoms. The fraction of sp³-hybridized carbons (Fsp3) is 0.630. The number of ether oxygens (including phenoxy) is 1. The molecule has 3 fully saturated rings. The van der Waals surface area contributed by atoms with E-state index in [1.807, 2.05) is 0 Å². The zero-order chi connectivity index (χ0) is 28.3. The number of piperidine rings is 1. The molecule has 2 aliphatic heterocycles. The van der Waals surface area contributed by atoms with Crippen LogP contribution in [-0.4, -0.2) is 63.5 Å². The highest BCUT2D eigenvalue weighted by Crippen LogP contribution is 2.51. The molecule has 3 aliphatic rings. The van der Waals surface area contributed by atoms with Crippen molar-refractivity contribution >= 4 is 34.5 Å². The van der Waals surface area contributed by atoms with Gasteiger partial charge in [-0.1, -0.05) is 0 Å². The third-order valence-corrected chi connectivity index (χ3v) is 8.05. The Balaban J connectivity index is 1.30. The van der Waals surface area contributed by atoms with E-state index in [-0.39, 0.29) is 37.7 Å². The largest absolute Gasteiger partial charge is 0.444 e. The van der Waals surface area contributed by atoms with Crippen LogP contribution in [0, 0.1) is 11.3 Å². The lowest BCUT2D eigenvalue weighted by molar-refractivity contribution is -0.203. The summed E-state index contributed by atoms with van der Waals surface area (Å²) in [7, 11) is 1.72. The van der Waals surface area contributed by atoms with Crippen molar-refractivity contribution in [2.45, 2.75) is 76.6 Å². The first-order valence-electron chi connectivity index (χ1n) is 13.3. The highest BCUT2D eigenvalue weighted by molar-refractivity contribution is 6.02. The number of fused-ring (bicyclic) bond motifs is 1. The first-order valence-corrected chi connectivity index (χ1v) is 13.3. The number of aryl methyl sites for hydroxylation is 1. The minimum absolute atomic E-state index is 0.0545. The summed E-state index contributed by atoms with van der Waals surface area (Å²) in [5.74, 6) is -2.82. The van der Waals surface area contributed by atoms with Crippen LogP contribution in [-0.2, 0) is 21.4 Å². The topological polar surface area (TPSA) is 106 Å². The molecule has 212 valence electrons. The normalized spacial score (nSPS) is 25.4. The molecule has 12 heteroatoms. The zero-order valence-electron chi connectivity index (χ0n) is 22.5. The Kier molecular flexibility index (Phi) is 6.58. The third kappa shape index (κ3) is 5.42. The summed E-state index contributed by atoms with van der Waals surface area (Å²) >= 11 is 0. The molecule has 1 aromatic heterocycles. The predicted molar refractivity (Wildman–Crippen MR) is 137 cm³/mol. The quantitative estimate of drug-likeness (QED) is 0.548. The van der Waals surface area contributed by atoms with E-state index in [2.05, 4.69) is 15.7 Å². The van der Waals surface area contributed by atoms with Gasteiger partial charge in [0.1, 0.15) is 5.60 Å². The molecule has 2 N–H and O–H groups in total. The van der Waals surface area contributed by atoms with Gasteiger partial charge >= 0.3 is 12.3 Å². The van der Waals surface area contributed by atoms with Crippen molar-refractivity contribution in [3.63, 3.8) is 0 Å². The Labute approximate surface area is 224 Å². The zero-order valence-corrected chi connectivity index (χ0v) is 22.5. The number of nitrogens with zero attached hydrogens (tertiary/aromatic N) is 3. The second-order valence-corrected chi connectivity index (χ2v) is 12.2. The van der Waals surface area contributed by atoms with Crippen molar-refractivity contribution < 1.29 is 32.3 Å². The smallest absolute Gasteiger partial charge is 0.410 e. The molecule has 2 saturated heterocycles. The van der Waals surface area contributed by atoms with Gasteiger partial charge in [-0.25, -0.2) is 4.79 Å². The van der Waals surface area contributed by atoms with Crippen molar-refractivity contribution in [1.82, 2.24) is 20.0 Å². The molecule has 1 aliphatic carbocycles. The molecular formula is C27H34F3N5O4. The van der Waals surface area contributed by atoms with Crippen molar-refractivity contribution in [2.75, 3.05) is 18.4 Å². The van der Waals surface area contributed by atoms with E-state index >= 15 is 0 Å². The molecule has 2 aromatic rings. The third-order valence-electron chi connectivity index (χ3n) is 8.05. The number of carbonyl (C=O) groups excluding carboxylic acids is 3. The van der Waals surface area contributed by atoms with Crippen LogP contribution in [0.5, 0.6) is 0 Å². The lowest BCUT2D eigenvalue weighted by Gasteiger charge is -2.55. The molecule has 9 nitrogen and oxygen atoms in total. The molecule has 3 heterocycles. The Bertz CT molecular complexity index is 1310. The monoisotopic (exact) mass is 549 g/mol. The number of anilines is 1. The second kappa shape index (κ2) is 9.41. The number of carbonyl (C=O) groups is 3. The predicted octanol–water partition coefficient (Wildman–Crippen LogP) is 4.47. The van der Waals surface area contributed by atoms with E-state index < -0.39 is 41.2 Å². The SMILES string of the molecule is Cn1nc(C2CCC(=O)NC2=O)c2ccc(N[C@@H]3CCC4(C[C@@H]3C(F)(F)F)CN(C(=O)OC(C)(C)C)C4)cc21. The Morgan fingerprint density at radius 2 is 1.90 bits per heavy atom. The lowest BCUT2D eigenvalue weighted by Crippen LogP contribution is -2.63. The Morgan fingerprint density at radius 1 is 1.18 bits per heavy atom. The molecule has 3 atom stereocenters. The van der Waals surface area contributed by atoms with Crippen molar-refractivity contribution in [3.05, 3.63) is 23.9 Å². The lowest BCUT2D eigenvalue weighted by atomic mass is 9.63. The maximum Gasteiger partial charge on any atom is 0.410 e. The maximum atomic E-state index is 14.2. The second-order valence-electron chi connectivity index (χ2n) is 12.2. The summed E-state index contributed by atoms with van der Waals surface area (Å²) in [6, 6.07) is 4.42. The Hall–Kier alpha value is -3.31. The molecule has 39 heavy (non-hydrogen) atoms. The maximum absolute atomic E-state index is 14.2. The van der Waals surface area contributed by atoms with Gasteiger partial charge in [-0.3, -0.25) is 19.6 Å². The van der Waals surface area contributed by atoms with Crippen molar-refractivity contribution in [2.24, 2.45) is 18.4 Å². The van der Waals surface area contributed by atoms with Crippen LogP contribution in [0.1, 0.15) is 64.5 Å². The van der Waals surface area contributed by atoms with Gasteiger partial charge in [0.25, 0.3) is 0 Å². The van der Waals surface area contributed by atoms with Gasteiger partial charge in [0.15, 0.2) is 0 Å². The van der Waals surface area contributed by atoms with Gasteiger partial charge in [-0.05, 0) is 64.7 Å². The van der Waals surface area contributed by atoms with Gasteiger partial charge in [-0.2, -0.15) is 18.3 Å². The minimum atomic E-state index is -4.40. The number of hydrogen-bond acceptors (Lipinski definition) is 6. The minimum Gasteiger partial charge on any atom is -0.444 e. The number of halogens is 3.